The number of aryl methyl sites for hydroxylation is 1. The van der Waals surface area contributed by atoms with Gasteiger partial charge in [0.05, 0.1) is 6.10 Å². The maximum absolute atomic E-state index is 11.7. The molecule has 0 saturated carbocycles. The van der Waals surface area contributed by atoms with Crippen LogP contribution in [0.3, 0.4) is 0 Å². The van der Waals surface area contributed by atoms with Crippen LogP contribution in [0, 0.1) is 0 Å². The van der Waals surface area contributed by atoms with Gasteiger partial charge >= 0.3 is 0 Å². The van der Waals surface area contributed by atoms with Crippen molar-refractivity contribution in [3.8, 4) is 0 Å². The molecule has 0 spiro atoms. The highest BCUT2D eigenvalue weighted by molar-refractivity contribution is 8.14. The van der Waals surface area contributed by atoms with Gasteiger partial charge in [0.25, 0.3) is 0 Å². The van der Waals surface area contributed by atoms with Crippen LogP contribution < -0.4 is 0 Å². The van der Waals surface area contributed by atoms with Gasteiger partial charge in [-0.2, -0.15) is 0 Å². The van der Waals surface area contributed by atoms with E-state index in [1.165, 1.54) is 17.3 Å². The van der Waals surface area contributed by atoms with Crippen LogP contribution in [0.4, 0.5) is 0 Å². The highest BCUT2D eigenvalue weighted by atomic mass is 32.2. The lowest BCUT2D eigenvalue weighted by atomic mass is 10.1. The number of hydrogen-bond acceptors (Lipinski definition) is 3. The molecule has 100 valence electrons. The third-order valence-electron chi connectivity index (χ3n) is 2.43. The van der Waals surface area contributed by atoms with Gasteiger partial charge in [0.1, 0.15) is 0 Å². The molecule has 0 aliphatic heterocycles. The van der Waals surface area contributed by atoms with Crippen LogP contribution >= 0.6 is 11.8 Å². The smallest absolute Gasteiger partial charge is 0.192 e. The van der Waals surface area contributed by atoms with E-state index in [9.17, 15) is 9.90 Å². The van der Waals surface area contributed by atoms with Crippen LogP contribution in [0.15, 0.2) is 30.3 Å². The van der Waals surface area contributed by atoms with Crippen molar-refractivity contribution in [2.24, 2.45) is 0 Å². The van der Waals surface area contributed by atoms with Crippen molar-refractivity contribution >= 4 is 16.9 Å². The number of rotatable bonds is 5. The van der Waals surface area contributed by atoms with E-state index in [1.807, 2.05) is 51.1 Å². The summed E-state index contributed by atoms with van der Waals surface area (Å²) < 4.78 is -0.0732. The first-order chi connectivity index (χ1) is 8.37. The minimum atomic E-state index is -0.535. The van der Waals surface area contributed by atoms with Crippen LogP contribution in [-0.4, -0.2) is 21.1 Å². The fourth-order valence-electron chi connectivity index (χ4n) is 1.66. The molecule has 0 heterocycles. The molecule has 1 N–H and O–H groups in total. The molecule has 0 aliphatic carbocycles. The summed E-state index contributed by atoms with van der Waals surface area (Å²) in [6.07, 6.45) is 1.16. The zero-order chi connectivity index (χ0) is 13.6. The first-order valence-corrected chi connectivity index (χ1v) is 7.12. The van der Waals surface area contributed by atoms with E-state index in [2.05, 4.69) is 0 Å². The molecule has 0 bridgehead atoms. The largest absolute Gasteiger partial charge is 0.393 e. The van der Waals surface area contributed by atoms with Crippen molar-refractivity contribution in [1.29, 1.82) is 0 Å². The average Bonchev–Trinajstić information content (AvgIpc) is 2.25. The Hall–Kier alpha value is -0.800. The Bertz CT molecular complexity index is 368. The van der Waals surface area contributed by atoms with E-state index < -0.39 is 6.10 Å². The Balaban J connectivity index is 2.29. The molecule has 0 radical (unpaired) electrons. The van der Waals surface area contributed by atoms with Gasteiger partial charge in [0, 0.05) is 11.2 Å². The lowest BCUT2D eigenvalue weighted by Gasteiger charge is -2.17. The highest BCUT2D eigenvalue weighted by Gasteiger charge is 2.19. The quantitative estimate of drug-likeness (QED) is 0.887. The number of aliphatic hydroxyl groups excluding tert-OH is 1. The lowest BCUT2D eigenvalue weighted by Crippen LogP contribution is -2.17. The summed E-state index contributed by atoms with van der Waals surface area (Å²) in [5, 5.41) is 9.92. The van der Waals surface area contributed by atoms with E-state index >= 15 is 0 Å². The zero-order valence-corrected chi connectivity index (χ0v) is 12.2. The summed E-state index contributed by atoms with van der Waals surface area (Å²) in [5.41, 5.74) is 1.20. The number of benzene rings is 1. The summed E-state index contributed by atoms with van der Waals surface area (Å²) in [4.78, 5) is 11.7. The molecule has 0 fully saturated rings. The van der Waals surface area contributed by atoms with Crippen molar-refractivity contribution in [3.63, 3.8) is 0 Å². The molecule has 3 heteroatoms. The molecule has 0 amide bonds. The van der Waals surface area contributed by atoms with Gasteiger partial charge in [0.15, 0.2) is 5.12 Å². The van der Waals surface area contributed by atoms with Crippen LogP contribution in [0.25, 0.3) is 0 Å². The second-order valence-corrected chi connectivity index (χ2v) is 7.35. The Labute approximate surface area is 114 Å². The van der Waals surface area contributed by atoms with Gasteiger partial charge in [-0.15, -0.1) is 0 Å². The predicted molar refractivity (Wildman–Crippen MR) is 77.7 cm³/mol. The number of carbonyl (C=O) groups is 1. The molecule has 0 aliphatic rings. The highest BCUT2D eigenvalue weighted by Crippen LogP contribution is 2.26. The van der Waals surface area contributed by atoms with E-state index in [-0.39, 0.29) is 16.3 Å². The van der Waals surface area contributed by atoms with Crippen LogP contribution in [-0.2, 0) is 11.2 Å². The van der Waals surface area contributed by atoms with Gasteiger partial charge in [-0.25, -0.2) is 0 Å². The maximum Gasteiger partial charge on any atom is 0.192 e. The predicted octanol–water partition coefficient (Wildman–Crippen LogP) is 3.43. The lowest BCUT2D eigenvalue weighted by molar-refractivity contribution is -0.112. The molecule has 1 unspecified atom stereocenters. The Morgan fingerprint density at radius 3 is 2.44 bits per heavy atom. The first-order valence-electron chi connectivity index (χ1n) is 6.30. The summed E-state index contributed by atoms with van der Waals surface area (Å²) in [6, 6.07) is 10.0. The Kier molecular flexibility index (Phi) is 5.89. The molecule has 0 aromatic heterocycles. The third-order valence-corrected chi connectivity index (χ3v) is 3.44. The molecule has 2 nitrogen and oxygen atoms in total. The average molecular weight is 266 g/mol. The summed E-state index contributed by atoms with van der Waals surface area (Å²) in [5.74, 6) is 0. The van der Waals surface area contributed by atoms with E-state index in [1.54, 1.807) is 0 Å². The number of carbonyl (C=O) groups excluding carboxylic acids is 1. The van der Waals surface area contributed by atoms with Crippen LogP contribution in [0.2, 0.25) is 0 Å². The normalized spacial score (nSPS) is 13.3. The molecule has 0 saturated heterocycles. The monoisotopic (exact) mass is 266 g/mol. The van der Waals surface area contributed by atoms with Crippen molar-refractivity contribution < 1.29 is 9.90 Å². The van der Waals surface area contributed by atoms with Crippen molar-refractivity contribution in [2.75, 3.05) is 0 Å². The third kappa shape index (κ3) is 6.82. The topological polar surface area (TPSA) is 37.3 Å². The summed E-state index contributed by atoms with van der Waals surface area (Å²) in [7, 11) is 0. The Morgan fingerprint density at radius 2 is 1.89 bits per heavy atom. The molecule has 1 rings (SSSR count). The zero-order valence-electron chi connectivity index (χ0n) is 11.3. The molecule has 1 atom stereocenters. The summed E-state index contributed by atoms with van der Waals surface area (Å²) in [6.45, 7) is 6.02. The number of hydrogen-bond donors (Lipinski definition) is 1. The van der Waals surface area contributed by atoms with Gasteiger partial charge in [-0.1, -0.05) is 62.9 Å². The van der Waals surface area contributed by atoms with Crippen molar-refractivity contribution in [2.45, 2.75) is 50.9 Å². The molecule has 1 aromatic rings. The second-order valence-electron chi connectivity index (χ2n) is 5.47. The van der Waals surface area contributed by atoms with Gasteiger partial charge in [-0.3, -0.25) is 4.79 Å². The van der Waals surface area contributed by atoms with Crippen molar-refractivity contribution in [1.82, 2.24) is 0 Å². The van der Waals surface area contributed by atoms with E-state index in [0.717, 1.165) is 6.42 Å². The summed E-state index contributed by atoms with van der Waals surface area (Å²) >= 11 is 1.31. The minimum Gasteiger partial charge on any atom is -0.393 e. The molecule has 18 heavy (non-hydrogen) atoms. The van der Waals surface area contributed by atoms with Crippen LogP contribution in [0.5, 0.6) is 0 Å². The van der Waals surface area contributed by atoms with Crippen LogP contribution in [0.1, 0.15) is 39.2 Å². The maximum atomic E-state index is 11.7. The van der Waals surface area contributed by atoms with Gasteiger partial charge < -0.3 is 5.11 Å². The standard InChI is InChI=1S/C15H22O2S/c1-15(2,3)18-14(17)11-13(16)10-9-12-7-5-4-6-8-12/h4-8,13,16H,9-11H2,1-3H3. The first kappa shape index (κ1) is 15.3. The number of aliphatic hydroxyl groups is 1. The molecular formula is C15H22O2S. The fourth-order valence-corrected chi connectivity index (χ4v) is 2.61. The van der Waals surface area contributed by atoms with E-state index in [4.69, 9.17) is 0 Å². The molecule has 1 aromatic carbocycles. The second kappa shape index (κ2) is 6.95. The molecular weight excluding hydrogens is 244 g/mol. The fraction of sp³-hybridized carbons (Fsp3) is 0.533. The van der Waals surface area contributed by atoms with Gasteiger partial charge in [0.2, 0.25) is 0 Å². The van der Waals surface area contributed by atoms with Gasteiger partial charge in [-0.05, 0) is 18.4 Å². The number of thioether (sulfide) groups is 1. The minimum absolute atomic E-state index is 0.0723. The van der Waals surface area contributed by atoms with E-state index in [0.29, 0.717) is 6.42 Å². The Morgan fingerprint density at radius 1 is 1.28 bits per heavy atom. The SMILES string of the molecule is CC(C)(C)SC(=O)CC(O)CCc1ccccc1. The van der Waals surface area contributed by atoms with Crippen molar-refractivity contribution in [3.05, 3.63) is 35.9 Å².